The number of sulfonamides is 1. The van der Waals surface area contributed by atoms with Crippen LogP contribution in [0.5, 0.6) is 11.5 Å². The van der Waals surface area contributed by atoms with Gasteiger partial charge in [0.05, 0.1) is 9.82 Å². The summed E-state index contributed by atoms with van der Waals surface area (Å²) in [4.78, 5) is 10.6. The Kier molecular flexibility index (Phi) is 7.14. The van der Waals surface area contributed by atoms with Crippen molar-refractivity contribution in [2.75, 3.05) is 26.3 Å². The largest absolute Gasteiger partial charge is 0.490 e. The van der Waals surface area contributed by atoms with E-state index < -0.39 is 20.6 Å². The minimum absolute atomic E-state index is 0.00448. The van der Waals surface area contributed by atoms with Crippen LogP contribution in [0.2, 0.25) is 0 Å². The Morgan fingerprint density at radius 3 is 2.22 bits per heavy atom. The molecule has 8 nitrogen and oxygen atoms in total. The van der Waals surface area contributed by atoms with E-state index >= 15 is 0 Å². The first kappa shape index (κ1) is 20.7. The Morgan fingerprint density at radius 1 is 1.00 bits per heavy atom. The molecule has 0 aliphatic heterocycles. The second kappa shape index (κ2) is 9.33. The summed E-state index contributed by atoms with van der Waals surface area (Å²) in [7, 11) is -3.79. The van der Waals surface area contributed by atoms with E-state index in [-0.39, 0.29) is 36.9 Å². The molecule has 0 saturated heterocycles. The van der Waals surface area contributed by atoms with Gasteiger partial charge in [0.1, 0.15) is 19.0 Å². The molecule has 0 atom stereocenters. The average molecular weight is 394 g/mol. The number of rotatable bonds is 10. The highest BCUT2D eigenvalue weighted by Crippen LogP contribution is 2.30. The lowest BCUT2D eigenvalue weighted by molar-refractivity contribution is -0.386. The molecule has 0 fully saturated rings. The summed E-state index contributed by atoms with van der Waals surface area (Å²) >= 11 is 0. The molecule has 0 bridgehead atoms. The van der Waals surface area contributed by atoms with Gasteiger partial charge in [-0.1, -0.05) is 32.0 Å². The molecule has 0 saturated carbocycles. The molecule has 0 heterocycles. The fourth-order valence-corrected chi connectivity index (χ4v) is 3.94. The van der Waals surface area contributed by atoms with Crippen molar-refractivity contribution in [2.24, 2.45) is 0 Å². The molecule has 27 heavy (non-hydrogen) atoms. The summed E-state index contributed by atoms with van der Waals surface area (Å²) < 4.78 is 37.2. The van der Waals surface area contributed by atoms with E-state index in [0.29, 0.717) is 5.75 Å². The van der Waals surface area contributed by atoms with E-state index in [1.54, 1.807) is 26.0 Å². The molecule has 9 heteroatoms. The number of hydrogen-bond donors (Lipinski definition) is 0. The number of para-hydroxylation sites is 1. The third-order valence-corrected chi connectivity index (χ3v) is 5.87. The number of nitro benzene ring substituents is 1. The number of nitrogens with zero attached hydrogens (tertiary/aromatic N) is 2. The van der Waals surface area contributed by atoms with Gasteiger partial charge in [-0.2, -0.15) is 4.31 Å². The molecule has 2 rings (SSSR count). The summed E-state index contributed by atoms with van der Waals surface area (Å²) in [5, 5.41) is 11.3. The minimum Gasteiger partial charge on any atom is -0.490 e. The third kappa shape index (κ3) is 5.18. The predicted molar refractivity (Wildman–Crippen MR) is 101 cm³/mol. The van der Waals surface area contributed by atoms with E-state index in [9.17, 15) is 18.5 Å². The van der Waals surface area contributed by atoms with E-state index in [1.165, 1.54) is 16.4 Å². The molecule has 146 valence electrons. The fourth-order valence-electron chi connectivity index (χ4n) is 2.46. The van der Waals surface area contributed by atoms with Crippen molar-refractivity contribution >= 4 is 15.7 Å². The standard InChI is InChI=1S/C18H22N2O6S/c1-3-19(4-2)27(23,24)16-10-11-18(17(14-16)20(21)22)26-13-12-25-15-8-6-5-7-9-15/h5-11,14H,3-4,12-13H2,1-2H3. The van der Waals surface area contributed by atoms with Crippen molar-refractivity contribution in [1.82, 2.24) is 4.31 Å². The summed E-state index contributed by atoms with van der Waals surface area (Å²) in [6.45, 7) is 4.25. The monoisotopic (exact) mass is 394 g/mol. The number of benzene rings is 2. The van der Waals surface area contributed by atoms with E-state index in [1.807, 2.05) is 18.2 Å². The lowest BCUT2D eigenvalue weighted by Gasteiger charge is -2.18. The maximum absolute atomic E-state index is 12.5. The normalized spacial score (nSPS) is 11.4. The number of hydrogen-bond acceptors (Lipinski definition) is 6. The van der Waals surface area contributed by atoms with E-state index in [2.05, 4.69) is 0 Å². The molecular weight excluding hydrogens is 372 g/mol. The Morgan fingerprint density at radius 2 is 1.63 bits per heavy atom. The summed E-state index contributed by atoms with van der Waals surface area (Å²) in [5.74, 6) is 0.659. The van der Waals surface area contributed by atoms with Crippen LogP contribution in [0.25, 0.3) is 0 Å². The lowest BCUT2D eigenvalue weighted by Crippen LogP contribution is -2.30. The molecule has 2 aromatic rings. The van der Waals surface area contributed by atoms with Crippen molar-refractivity contribution in [1.29, 1.82) is 0 Å². The van der Waals surface area contributed by atoms with Gasteiger partial charge in [-0.3, -0.25) is 10.1 Å². The van der Waals surface area contributed by atoms with Gasteiger partial charge < -0.3 is 9.47 Å². The van der Waals surface area contributed by atoms with Crippen LogP contribution in [-0.4, -0.2) is 43.9 Å². The molecular formula is C18H22N2O6S. The fraction of sp³-hybridized carbons (Fsp3) is 0.333. The van der Waals surface area contributed by atoms with Crippen molar-refractivity contribution in [3.63, 3.8) is 0 Å². The zero-order valence-electron chi connectivity index (χ0n) is 15.2. The van der Waals surface area contributed by atoms with Gasteiger partial charge in [-0.05, 0) is 24.3 Å². The highest BCUT2D eigenvalue weighted by Gasteiger charge is 2.26. The topological polar surface area (TPSA) is 99.0 Å². The highest BCUT2D eigenvalue weighted by atomic mass is 32.2. The lowest BCUT2D eigenvalue weighted by atomic mass is 10.3. The summed E-state index contributed by atoms with van der Waals surface area (Å²) in [6, 6.07) is 12.7. The van der Waals surface area contributed by atoms with E-state index in [4.69, 9.17) is 9.47 Å². The van der Waals surface area contributed by atoms with Gasteiger partial charge >= 0.3 is 5.69 Å². The Hall–Kier alpha value is -2.65. The molecule has 0 radical (unpaired) electrons. The molecule has 2 aromatic carbocycles. The van der Waals surface area contributed by atoms with Gasteiger partial charge in [-0.15, -0.1) is 0 Å². The molecule has 0 aliphatic rings. The van der Waals surface area contributed by atoms with Crippen molar-refractivity contribution < 1.29 is 22.8 Å². The first-order chi connectivity index (χ1) is 12.9. The van der Waals surface area contributed by atoms with Crippen molar-refractivity contribution in [3.8, 4) is 11.5 Å². The van der Waals surface area contributed by atoms with Gasteiger partial charge in [0.25, 0.3) is 0 Å². The van der Waals surface area contributed by atoms with Gasteiger partial charge in [-0.25, -0.2) is 8.42 Å². The molecule has 0 amide bonds. The smallest absolute Gasteiger partial charge is 0.312 e. The van der Waals surface area contributed by atoms with Crippen LogP contribution < -0.4 is 9.47 Å². The third-order valence-electron chi connectivity index (χ3n) is 3.82. The number of nitro groups is 1. The van der Waals surface area contributed by atoms with Crippen LogP contribution in [0, 0.1) is 10.1 Å². The minimum atomic E-state index is -3.79. The van der Waals surface area contributed by atoms with Crippen LogP contribution >= 0.6 is 0 Å². The summed E-state index contributed by atoms with van der Waals surface area (Å²) in [5.41, 5.74) is -0.400. The van der Waals surface area contributed by atoms with Crippen LogP contribution in [0.15, 0.2) is 53.4 Å². The van der Waals surface area contributed by atoms with Crippen LogP contribution in [-0.2, 0) is 10.0 Å². The highest BCUT2D eigenvalue weighted by molar-refractivity contribution is 7.89. The molecule has 0 unspecified atom stereocenters. The van der Waals surface area contributed by atoms with E-state index in [0.717, 1.165) is 6.07 Å². The predicted octanol–water partition coefficient (Wildman–Crippen LogP) is 3.08. The maximum atomic E-state index is 12.5. The zero-order chi connectivity index (χ0) is 19.9. The van der Waals surface area contributed by atoms with Crippen molar-refractivity contribution in [3.05, 3.63) is 58.6 Å². The summed E-state index contributed by atoms with van der Waals surface area (Å²) in [6.07, 6.45) is 0. The molecule has 0 N–H and O–H groups in total. The first-order valence-corrected chi connectivity index (χ1v) is 9.93. The van der Waals surface area contributed by atoms with Gasteiger partial charge in [0.15, 0.2) is 5.75 Å². The van der Waals surface area contributed by atoms with Crippen molar-refractivity contribution in [2.45, 2.75) is 18.7 Å². The van der Waals surface area contributed by atoms with Crippen LogP contribution in [0.4, 0.5) is 5.69 Å². The Labute approximate surface area is 158 Å². The van der Waals surface area contributed by atoms with Crippen LogP contribution in [0.3, 0.4) is 0 Å². The Balaban J connectivity index is 2.12. The SMILES string of the molecule is CCN(CC)S(=O)(=O)c1ccc(OCCOc2ccccc2)c([N+](=O)[O-])c1. The zero-order valence-corrected chi connectivity index (χ0v) is 16.0. The maximum Gasteiger partial charge on any atom is 0.312 e. The van der Waals surface area contributed by atoms with Gasteiger partial charge in [0, 0.05) is 19.2 Å². The molecule has 0 spiro atoms. The second-order valence-electron chi connectivity index (χ2n) is 5.49. The quantitative estimate of drug-likeness (QED) is 0.349. The first-order valence-electron chi connectivity index (χ1n) is 8.49. The molecule has 0 aliphatic carbocycles. The second-order valence-corrected chi connectivity index (χ2v) is 7.42. The van der Waals surface area contributed by atoms with Crippen LogP contribution in [0.1, 0.15) is 13.8 Å². The molecule has 0 aromatic heterocycles. The van der Waals surface area contributed by atoms with Gasteiger partial charge in [0.2, 0.25) is 10.0 Å². The Bertz CT molecular complexity index is 867. The number of ether oxygens (including phenoxy) is 2. The average Bonchev–Trinajstić information content (AvgIpc) is 2.66.